The molecule has 2 rings (SSSR count). The van der Waals surface area contributed by atoms with Crippen molar-refractivity contribution in [1.82, 2.24) is 4.90 Å². The van der Waals surface area contributed by atoms with Gasteiger partial charge in [-0.1, -0.05) is 20.8 Å². The molecule has 1 aliphatic carbocycles. The quantitative estimate of drug-likeness (QED) is 0.905. The van der Waals surface area contributed by atoms with Crippen molar-refractivity contribution in [2.24, 2.45) is 17.1 Å². The largest absolute Gasteiger partial charge is 0.329 e. The van der Waals surface area contributed by atoms with Gasteiger partial charge in [0.15, 0.2) is 0 Å². The zero-order chi connectivity index (χ0) is 13.4. The summed E-state index contributed by atoms with van der Waals surface area (Å²) in [5.41, 5.74) is 8.17. The Balaban J connectivity index is 2.17. The normalized spacial score (nSPS) is 31.1. The summed E-state index contributed by atoms with van der Waals surface area (Å²) in [6.45, 7) is 8.89. The van der Waals surface area contributed by atoms with Crippen molar-refractivity contribution in [2.75, 3.05) is 13.6 Å². The Bertz CT molecular complexity index is 385. The van der Waals surface area contributed by atoms with Crippen LogP contribution in [0.4, 0.5) is 0 Å². The fraction of sp³-hybridized carbons (Fsp3) is 0.733. The first-order valence-electron chi connectivity index (χ1n) is 6.82. The average Bonchev–Trinajstić information content (AvgIpc) is 2.84. The van der Waals surface area contributed by atoms with Gasteiger partial charge in [0.2, 0.25) is 0 Å². The molecule has 1 aromatic heterocycles. The molecule has 0 amide bonds. The van der Waals surface area contributed by atoms with Gasteiger partial charge in [0.1, 0.15) is 0 Å². The van der Waals surface area contributed by atoms with Gasteiger partial charge in [-0.15, -0.1) is 0 Å². The Morgan fingerprint density at radius 2 is 2.22 bits per heavy atom. The van der Waals surface area contributed by atoms with E-state index in [0.717, 1.165) is 13.1 Å². The van der Waals surface area contributed by atoms with E-state index in [1.165, 1.54) is 18.4 Å². The lowest BCUT2D eigenvalue weighted by atomic mass is 9.84. The lowest BCUT2D eigenvalue weighted by Crippen LogP contribution is -2.53. The maximum atomic E-state index is 6.17. The number of rotatable bonds is 4. The number of hydrogen-bond acceptors (Lipinski definition) is 3. The van der Waals surface area contributed by atoms with Crippen molar-refractivity contribution in [3.63, 3.8) is 0 Å². The third-order valence-corrected chi connectivity index (χ3v) is 5.41. The van der Waals surface area contributed by atoms with Gasteiger partial charge in [-0.25, -0.2) is 0 Å². The highest BCUT2D eigenvalue weighted by molar-refractivity contribution is 7.07. The molecule has 2 nitrogen and oxygen atoms in total. The van der Waals surface area contributed by atoms with Crippen molar-refractivity contribution in [3.05, 3.63) is 22.4 Å². The molecule has 1 fully saturated rings. The molecule has 0 bridgehead atoms. The summed E-state index contributed by atoms with van der Waals surface area (Å²) in [6.07, 6.45) is 2.48. The molecule has 0 aromatic carbocycles. The first kappa shape index (κ1) is 14.0. The van der Waals surface area contributed by atoms with Crippen LogP contribution in [-0.2, 0) is 6.54 Å². The Labute approximate surface area is 115 Å². The van der Waals surface area contributed by atoms with E-state index < -0.39 is 0 Å². The van der Waals surface area contributed by atoms with Crippen molar-refractivity contribution in [3.8, 4) is 0 Å². The van der Waals surface area contributed by atoms with Crippen LogP contribution in [0.5, 0.6) is 0 Å². The van der Waals surface area contributed by atoms with Gasteiger partial charge in [0, 0.05) is 18.6 Å². The minimum absolute atomic E-state index is 0.172. The molecule has 2 atom stereocenters. The summed E-state index contributed by atoms with van der Waals surface area (Å²) in [5.74, 6) is 0.668. The number of nitrogens with zero attached hydrogens (tertiary/aromatic N) is 1. The van der Waals surface area contributed by atoms with Crippen LogP contribution < -0.4 is 5.73 Å². The van der Waals surface area contributed by atoms with Gasteiger partial charge < -0.3 is 5.73 Å². The van der Waals surface area contributed by atoms with Crippen LogP contribution >= 0.6 is 11.3 Å². The van der Waals surface area contributed by atoms with Crippen molar-refractivity contribution >= 4 is 11.3 Å². The van der Waals surface area contributed by atoms with Gasteiger partial charge >= 0.3 is 0 Å². The van der Waals surface area contributed by atoms with Crippen LogP contribution in [0.3, 0.4) is 0 Å². The Kier molecular flexibility index (Phi) is 3.86. The van der Waals surface area contributed by atoms with Crippen molar-refractivity contribution in [2.45, 2.75) is 45.7 Å². The third kappa shape index (κ3) is 2.49. The molecule has 102 valence electrons. The minimum atomic E-state index is 0.172. The Hall–Kier alpha value is -0.380. The summed E-state index contributed by atoms with van der Waals surface area (Å²) >= 11 is 1.77. The smallest absolute Gasteiger partial charge is 0.0362 e. The predicted octanol–water partition coefficient (Wildman–Crippen LogP) is 3.33. The van der Waals surface area contributed by atoms with Gasteiger partial charge in [-0.2, -0.15) is 11.3 Å². The van der Waals surface area contributed by atoms with E-state index in [-0.39, 0.29) is 5.54 Å². The number of thiophene rings is 1. The first-order valence-corrected chi connectivity index (χ1v) is 7.76. The molecule has 0 spiro atoms. The fourth-order valence-electron chi connectivity index (χ4n) is 3.85. The first-order chi connectivity index (χ1) is 8.39. The van der Waals surface area contributed by atoms with Gasteiger partial charge in [-0.05, 0) is 53.6 Å². The zero-order valence-electron chi connectivity index (χ0n) is 12.1. The monoisotopic (exact) mass is 266 g/mol. The van der Waals surface area contributed by atoms with Crippen LogP contribution in [0.15, 0.2) is 16.8 Å². The van der Waals surface area contributed by atoms with Crippen LogP contribution in [0.25, 0.3) is 0 Å². The maximum Gasteiger partial charge on any atom is 0.0362 e. The minimum Gasteiger partial charge on any atom is -0.329 e. The lowest BCUT2D eigenvalue weighted by Gasteiger charge is -2.42. The van der Waals surface area contributed by atoms with Gasteiger partial charge in [-0.3, -0.25) is 4.90 Å². The molecule has 0 aliphatic heterocycles. The van der Waals surface area contributed by atoms with Crippen LogP contribution in [0, 0.1) is 11.3 Å². The highest BCUT2D eigenvalue weighted by Gasteiger charge is 2.49. The summed E-state index contributed by atoms with van der Waals surface area (Å²) in [5, 5.41) is 4.39. The maximum absolute atomic E-state index is 6.17. The highest BCUT2D eigenvalue weighted by Crippen LogP contribution is 2.49. The topological polar surface area (TPSA) is 29.3 Å². The molecule has 1 aromatic rings. The molecule has 18 heavy (non-hydrogen) atoms. The summed E-state index contributed by atoms with van der Waals surface area (Å²) in [6, 6.07) is 2.22. The molecule has 0 radical (unpaired) electrons. The van der Waals surface area contributed by atoms with Crippen LogP contribution in [0.2, 0.25) is 0 Å². The van der Waals surface area contributed by atoms with Crippen molar-refractivity contribution in [1.29, 1.82) is 0 Å². The van der Waals surface area contributed by atoms with E-state index in [2.05, 4.69) is 49.5 Å². The van der Waals surface area contributed by atoms with E-state index >= 15 is 0 Å². The van der Waals surface area contributed by atoms with Crippen LogP contribution in [0.1, 0.15) is 39.2 Å². The molecule has 1 heterocycles. The molecule has 2 unspecified atom stereocenters. The number of likely N-dealkylation sites (N-methyl/N-ethyl adjacent to an activating group) is 1. The average molecular weight is 266 g/mol. The molecule has 0 saturated heterocycles. The third-order valence-electron chi connectivity index (χ3n) is 4.67. The Morgan fingerprint density at radius 1 is 1.50 bits per heavy atom. The highest BCUT2D eigenvalue weighted by atomic mass is 32.1. The predicted molar refractivity (Wildman–Crippen MR) is 79.8 cm³/mol. The standard InChI is InChI=1S/C15H26N2S/c1-12-7-14(2,3)10-15(12,11-16)17(4)8-13-5-6-18-9-13/h5-6,9,12H,7-8,10-11,16H2,1-4H3. The van der Waals surface area contributed by atoms with E-state index in [9.17, 15) is 0 Å². The van der Waals surface area contributed by atoms with Crippen molar-refractivity contribution < 1.29 is 0 Å². The lowest BCUT2D eigenvalue weighted by molar-refractivity contribution is 0.0787. The second-order valence-corrected chi connectivity index (χ2v) is 7.52. The molecular formula is C15H26N2S. The SMILES string of the molecule is CC1CC(C)(C)CC1(CN)N(C)Cc1ccsc1. The van der Waals surface area contributed by atoms with E-state index in [1.54, 1.807) is 11.3 Å². The molecular weight excluding hydrogens is 240 g/mol. The van der Waals surface area contributed by atoms with E-state index in [4.69, 9.17) is 5.73 Å². The Morgan fingerprint density at radius 3 is 2.67 bits per heavy atom. The second-order valence-electron chi connectivity index (χ2n) is 6.74. The molecule has 1 saturated carbocycles. The van der Waals surface area contributed by atoms with Gasteiger partial charge in [0.25, 0.3) is 0 Å². The molecule has 1 aliphatic rings. The fourth-order valence-corrected chi connectivity index (χ4v) is 4.51. The van der Waals surface area contributed by atoms with E-state index in [1.807, 2.05) is 0 Å². The molecule has 2 N–H and O–H groups in total. The number of nitrogens with two attached hydrogens (primary N) is 1. The second kappa shape index (κ2) is 4.95. The summed E-state index contributed by atoms with van der Waals surface area (Å²) in [4.78, 5) is 2.49. The number of hydrogen-bond donors (Lipinski definition) is 1. The van der Waals surface area contributed by atoms with E-state index in [0.29, 0.717) is 11.3 Å². The van der Waals surface area contributed by atoms with Crippen LogP contribution in [-0.4, -0.2) is 24.0 Å². The van der Waals surface area contributed by atoms with Gasteiger partial charge in [0.05, 0.1) is 0 Å². The summed E-state index contributed by atoms with van der Waals surface area (Å²) in [7, 11) is 2.24. The zero-order valence-corrected chi connectivity index (χ0v) is 12.9. The molecule has 3 heteroatoms. The summed E-state index contributed by atoms with van der Waals surface area (Å²) < 4.78 is 0.